The SMILES string of the molecule is CC(O)c1ccc(C(F)(F)F)nc1N1CCOCC1. The van der Waals surface area contributed by atoms with Crippen molar-refractivity contribution < 1.29 is 23.0 Å². The average molecular weight is 276 g/mol. The van der Waals surface area contributed by atoms with Gasteiger partial charge in [-0.25, -0.2) is 4.98 Å². The molecule has 19 heavy (non-hydrogen) atoms. The molecule has 0 radical (unpaired) electrons. The molecule has 1 aliphatic rings. The predicted molar refractivity (Wildman–Crippen MR) is 62.9 cm³/mol. The minimum atomic E-state index is -4.49. The van der Waals surface area contributed by atoms with Crippen LogP contribution in [0.25, 0.3) is 0 Å². The minimum absolute atomic E-state index is 0.188. The number of ether oxygens (including phenoxy) is 1. The van der Waals surface area contributed by atoms with Crippen LogP contribution in [0.5, 0.6) is 0 Å². The lowest BCUT2D eigenvalue weighted by molar-refractivity contribution is -0.141. The quantitative estimate of drug-likeness (QED) is 0.897. The number of hydrogen-bond acceptors (Lipinski definition) is 4. The van der Waals surface area contributed by atoms with Crippen LogP contribution in [0, 0.1) is 0 Å². The van der Waals surface area contributed by atoms with Crippen molar-refractivity contribution in [1.29, 1.82) is 0 Å². The van der Waals surface area contributed by atoms with Crippen LogP contribution in [-0.4, -0.2) is 36.4 Å². The van der Waals surface area contributed by atoms with Gasteiger partial charge in [0.15, 0.2) is 0 Å². The van der Waals surface area contributed by atoms with E-state index < -0.39 is 18.0 Å². The summed E-state index contributed by atoms with van der Waals surface area (Å²) in [5.41, 5.74) is -0.548. The Bertz CT molecular complexity index is 443. The summed E-state index contributed by atoms with van der Waals surface area (Å²) < 4.78 is 43.3. The average Bonchev–Trinajstić information content (AvgIpc) is 2.38. The van der Waals surface area contributed by atoms with Gasteiger partial charge in [-0.1, -0.05) is 6.07 Å². The van der Waals surface area contributed by atoms with E-state index in [1.54, 1.807) is 4.90 Å². The van der Waals surface area contributed by atoms with Gasteiger partial charge in [0.05, 0.1) is 19.3 Å². The topological polar surface area (TPSA) is 45.6 Å². The zero-order valence-corrected chi connectivity index (χ0v) is 10.4. The molecule has 2 rings (SSSR count). The van der Waals surface area contributed by atoms with Gasteiger partial charge < -0.3 is 14.7 Å². The molecule has 1 aliphatic heterocycles. The molecule has 0 spiro atoms. The van der Waals surface area contributed by atoms with E-state index in [-0.39, 0.29) is 5.82 Å². The number of rotatable bonds is 2. The van der Waals surface area contributed by atoms with Crippen molar-refractivity contribution in [2.75, 3.05) is 31.2 Å². The van der Waals surface area contributed by atoms with Gasteiger partial charge in [-0.05, 0) is 13.0 Å². The highest BCUT2D eigenvalue weighted by Gasteiger charge is 2.34. The standard InChI is InChI=1S/C12H15F3N2O2/c1-8(18)9-2-3-10(12(13,14)15)16-11(9)17-4-6-19-7-5-17/h2-3,8,18H,4-7H2,1H3. The summed E-state index contributed by atoms with van der Waals surface area (Å²) in [5.74, 6) is 0.188. The number of aliphatic hydroxyl groups excluding tert-OH is 1. The van der Waals surface area contributed by atoms with Crippen molar-refractivity contribution in [1.82, 2.24) is 4.98 Å². The molecular formula is C12H15F3N2O2. The van der Waals surface area contributed by atoms with E-state index in [4.69, 9.17) is 4.74 Å². The van der Waals surface area contributed by atoms with Crippen LogP contribution in [0.4, 0.5) is 19.0 Å². The molecule has 0 aromatic carbocycles. The van der Waals surface area contributed by atoms with Gasteiger partial charge in [0.25, 0.3) is 0 Å². The van der Waals surface area contributed by atoms with Crippen molar-refractivity contribution in [2.24, 2.45) is 0 Å². The largest absolute Gasteiger partial charge is 0.433 e. The summed E-state index contributed by atoms with van der Waals surface area (Å²) in [7, 11) is 0. The Morgan fingerprint density at radius 1 is 1.32 bits per heavy atom. The first-order chi connectivity index (χ1) is 8.89. The fourth-order valence-corrected chi connectivity index (χ4v) is 1.97. The van der Waals surface area contributed by atoms with Gasteiger partial charge in [-0.15, -0.1) is 0 Å². The lowest BCUT2D eigenvalue weighted by atomic mass is 10.1. The second-order valence-electron chi connectivity index (χ2n) is 4.38. The third-order valence-electron chi connectivity index (χ3n) is 2.96. The summed E-state index contributed by atoms with van der Waals surface area (Å²) in [4.78, 5) is 5.38. The van der Waals surface area contributed by atoms with Crippen LogP contribution in [0.15, 0.2) is 12.1 Å². The fraction of sp³-hybridized carbons (Fsp3) is 0.583. The zero-order chi connectivity index (χ0) is 14.0. The Kier molecular flexibility index (Phi) is 3.96. The lowest BCUT2D eigenvalue weighted by Gasteiger charge is -2.30. The Balaban J connectivity index is 2.41. The molecule has 1 aromatic rings. The molecule has 0 saturated carbocycles. The van der Waals surface area contributed by atoms with Gasteiger partial charge in [-0.3, -0.25) is 0 Å². The van der Waals surface area contributed by atoms with Gasteiger partial charge in [0.1, 0.15) is 11.5 Å². The van der Waals surface area contributed by atoms with Crippen molar-refractivity contribution in [3.05, 3.63) is 23.4 Å². The molecule has 1 atom stereocenters. The van der Waals surface area contributed by atoms with E-state index in [0.717, 1.165) is 6.07 Å². The summed E-state index contributed by atoms with van der Waals surface area (Å²) in [6.07, 6.45) is -5.36. The van der Waals surface area contributed by atoms with Crippen LogP contribution in [-0.2, 0) is 10.9 Å². The monoisotopic (exact) mass is 276 g/mol. The third kappa shape index (κ3) is 3.16. The van der Waals surface area contributed by atoms with Crippen molar-refractivity contribution in [2.45, 2.75) is 19.2 Å². The van der Waals surface area contributed by atoms with Crippen LogP contribution < -0.4 is 4.90 Å². The summed E-state index contributed by atoms with van der Waals surface area (Å²) in [6, 6.07) is 2.18. The van der Waals surface area contributed by atoms with E-state index >= 15 is 0 Å². The van der Waals surface area contributed by atoms with E-state index in [9.17, 15) is 18.3 Å². The number of pyridine rings is 1. The number of halogens is 3. The number of aliphatic hydroxyl groups is 1. The number of nitrogens with zero attached hydrogens (tertiary/aromatic N) is 2. The van der Waals surface area contributed by atoms with Gasteiger partial charge in [0.2, 0.25) is 0 Å². The zero-order valence-electron chi connectivity index (χ0n) is 10.4. The molecule has 1 N–H and O–H groups in total. The first kappa shape index (κ1) is 14.1. The second-order valence-corrected chi connectivity index (χ2v) is 4.38. The normalized spacial score (nSPS) is 18.5. The van der Waals surface area contributed by atoms with Crippen molar-refractivity contribution >= 4 is 5.82 Å². The van der Waals surface area contributed by atoms with Crippen LogP contribution in [0.2, 0.25) is 0 Å². The third-order valence-corrected chi connectivity index (χ3v) is 2.96. The van der Waals surface area contributed by atoms with Crippen molar-refractivity contribution in [3.8, 4) is 0 Å². The van der Waals surface area contributed by atoms with E-state index in [1.165, 1.54) is 13.0 Å². The Hall–Kier alpha value is -1.34. The minimum Gasteiger partial charge on any atom is -0.389 e. The maximum absolute atomic E-state index is 12.7. The van der Waals surface area contributed by atoms with Crippen molar-refractivity contribution in [3.63, 3.8) is 0 Å². The van der Waals surface area contributed by atoms with Crippen LogP contribution >= 0.6 is 0 Å². The highest BCUT2D eigenvalue weighted by atomic mass is 19.4. The Morgan fingerprint density at radius 2 is 1.95 bits per heavy atom. The number of hydrogen-bond donors (Lipinski definition) is 1. The smallest absolute Gasteiger partial charge is 0.389 e. The van der Waals surface area contributed by atoms with Gasteiger partial charge >= 0.3 is 6.18 Å². The molecule has 0 aliphatic carbocycles. The summed E-state index contributed by atoms with van der Waals surface area (Å²) >= 11 is 0. The first-order valence-electron chi connectivity index (χ1n) is 5.98. The Labute approximate surface area is 108 Å². The molecular weight excluding hydrogens is 261 g/mol. The molecule has 106 valence electrons. The van der Waals surface area contributed by atoms with Crippen LogP contribution in [0.3, 0.4) is 0 Å². The number of anilines is 1. The Morgan fingerprint density at radius 3 is 2.47 bits per heavy atom. The van der Waals surface area contributed by atoms with Crippen LogP contribution in [0.1, 0.15) is 24.3 Å². The van der Waals surface area contributed by atoms with Gasteiger partial charge in [-0.2, -0.15) is 13.2 Å². The highest BCUT2D eigenvalue weighted by molar-refractivity contribution is 5.49. The second kappa shape index (κ2) is 5.34. The molecule has 1 unspecified atom stereocenters. The lowest BCUT2D eigenvalue weighted by Crippen LogP contribution is -2.37. The number of aromatic nitrogens is 1. The van der Waals surface area contributed by atoms with E-state index in [1.807, 2.05) is 0 Å². The molecule has 0 bridgehead atoms. The first-order valence-corrected chi connectivity index (χ1v) is 5.98. The summed E-state index contributed by atoms with van der Waals surface area (Å²) in [5, 5.41) is 9.65. The van der Waals surface area contributed by atoms with Gasteiger partial charge in [0, 0.05) is 18.7 Å². The molecule has 2 heterocycles. The highest BCUT2D eigenvalue weighted by Crippen LogP contribution is 2.32. The predicted octanol–water partition coefficient (Wildman–Crippen LogP) is 1.99. The van der Waals surface area contributed by atoms with E-state index in [0.29, 0.717) is 31.9 Å². The summed E-state index contributed by atoms with van der Waals surface area (Å²) in [6.45, 7) is 3.32. The maximum atomic E-state index is 12.7. The fourth-order valence-electron chi connectivity index (χ4n) is 1.97. The maximum Gasteiger partial charge on any atom is 0.433 e. The molecule has 1 aromatic heterocycles. The molecule has 0 amide bonds. The molecule has 1 saturated heterocycles. The molecule has 1 fully saturated rings. The number of morpholine rings is 1. The van der Waals surface area contributed by atoms with E-state index in [2.05, 4.69) is 4.98 Å². The molecule has 4 nitrogen and oxygen atoms in total. The number of alkyl halides is 3. The molecule has 7 heteroatoms.